The number of nitrogens with zero attached hydrogens (tertiary/aromatic N) is 3. The van der Waals surface area contributed by atoms with Crippen LogP contribution in [0.15, 0.2) is 36.4 Å². The van der Waals surface area contributed by atoms with Crippen molar-refractivity contribution in [1.82, 2.24) is 14.1 Å². The first kappa shape index (κ1) is 20.9. The van der Waals surface area contributed by atoms with Gasteiger partial charge in [0.1, 0.15) is 28.2 Å². The van der Waals surface area contributed by atoms with Crippen LogP contribution in [0.1, 0.15) is 43.1 Å². The van der Waals surface area contributed by atoms with E-state index >= 15 is 0 Å². The van der Waals surface area contributed by atoms with Gasteiger partial charge in [0.2, 0.25) is 0 Å². The fraction of sp³-hybridized carbons (Fsp3) is 0.348. The van der Waals surface area contributed by atoms with Crippen LogP contribution >= 0.6 is 0 Å². The number of ether oxygens (including phenoxy) is 2. The molecule has 4 aromatic rings. The molecule has 0 aliphatic heterocycles. The van der Waals surface area contributed by atoms with Crippen molar-refractivity contribution in [2.45, 2.75) is 40.2 Å². The summed E-state index contributed by atoms with van der Waals surface area (Å²) in [6.07, 6.45) is 0.000971. The maximum Gasteiger partial charge on any atom is 0.333 e. The maximum absolute atomic E-state index is 11.4. The average Bonchev–Trinajstić information content (AvgIpc) is 3.38. The zero-order valence-electron chi connectivity index (χ0n) is 18.2. The molecule has 2 N–H and O–H groups in total. The molecule has 164 valence electrons. The van der Waals surface area contributed by atoms with Crippen molar-refractivity contribution in [3.63, 3.8) is 0 Å². The van der Waals surface area contributed by atoms with Crippen molar-refractivity contribution in [3.8, 4) is 17.2 Å². The minimum absolute atomic E-state index is 0.144. The average molecular weight is 425 g/mol. The molecule has 2 heterocycles. The highest BCUT2D eigenvalue weighted by Crippen LogP contribution is 2.39. The van der Waals surface area contributed by atoms with E-state index in [0.29, 0.717) is 35.6 Å². The molecule has 8 nitrogen and oxygen atoms in total. The molecule has 0 bridgehead atoms. The van der Waals surface area contributed by atoms with E-state index in [9.17, 15) is 15.0 Å². The second kappa shape index (κ2) is 7.70. The topological polar surface area (TPSA) is 89.7 Å². The van der Waals surface area contributed by atoms with E-state index in [1.54, 1.807) is 13.8 Å². The quantitative estimate of drug-likeness (QED) is 0.255. The summed E-state index contributed by atoms with van der Waals surface area (Å²) in [5.74, 6) is 0.361. The van der Waals surface area contributed by atoms with Crippen LogP contribution in [0.2, 0.25) is 0 Å². The molecule has 4 rings (SSSR count). The minimum atomic E-state index is -0.536. The summed E-state index contributed by atoms with van der Waals surface area (Å²) in [4.78, 5) is 13.3. The van der Waals surface area contributed by atoms with E-state index in [1.807, 2.05) is 52.2 Å². The van der Waals surface area contributed by atoms with E-state index in [2.05, 4.69) is 6.58 Å². The van der Waals surface area contributed by atoms with Crippen molar-refractivity contribution in [3.05, 3.63) is 53.1 Å². The van der Waals surface area contributed by atoms with Crippen molar-refractivity contribution in [2.24, 2.45) is 0 Å². The van der Waals surface area contributed by atoms with Crippen LogP contribution in [-0.4, -0.2) is 43.5 Å². The number of fused-ring (bicyclic) bond motifs is 4. The van der Waals surface area contributed by atoms with Crippen LogP contribution in [0.25, 0.3) is 16.7 Å². The SMILES string of the molecule is C=C(C)C(=O)OCCCOc1c(C)cc(-n2n3c4ccc(C(C)O)cc4n23)c(O)c1C. The van der Waals surface area contributed by atoms with E-state index in [1.165, 1.54) is 0 Å². The number of aliphatic hydroxyl groups is 1. The molecule has 31 heavy (non-hydrogen) atoms. The highest BCUT2D eigenvalue weighted by atomic mass is 16.5. The second-order valence-corrected chi connectivity index (χ2v) is 7.93. The van der Waals surface area contributed by atoms with E-state index in [4.69, 9.17) is 9.47 Å². The Balaban J connectivity index is 1.51. The molecular formula is C23H27N3O5. The van der Waals surface area contributed by atoms with Gasteiger partial charge in [-0.15, -0.1) is 14.1 Å². The van der Waals surface area contributed by atoms with Crippen molar-refractivity contribution >= 4 is 17.0 Å². The second-order valence-electron chi connectivity index (χ2n) is 7.93. The van der Waals surface area contributed by atoms with Gasteiger partial charge in [-0.2, -0.15) is 0 Å². The number of phenols is 1. The normalized spacial score (nSPS) is 12.7. The van der Waals surface area contributed by atoms with Gasteiger partial charge in [-0.1, -0.05) is 12.6 Å². The van der Waals surface area contributed by atoms with Gasteiger partial charge in [0.15, 0.2) is 0 Å². The summed E-state index contributed by atoms with van der Waals surface area (Å²) >= 11 is 0. The Kier molecular flexibility index (Phi) is 5.18. The molecule has 0 saturated carbocycles. The molecule has 8 heteroatoms. The monoisotopic (exact) mass is 425 g/mol. The fourth-order valence-electron chi connectivity index (χ4n) is 3.65. The van der Waals surface area contributed by atoms with Crippen LogP contribution in [0.5, 0.6) is 11.5 Å². The molecule has 1 unspecified atom stereocenters. The molecule has 0 aliphatic carbocycles. The number of aromatic hydroxyl groups is 1. The number of aliphatic hydroxyl groups excluding tert-OH is 1. The molecule has 2 aromatic carbocycles. The summed E-state index contributed by atoms with van der Waals surface area (Å²) < 4.78 is 14.8. The third-order valence-electron chi connectivity index (χ3n) is 5.40. The largest absolute Gasteiger partial charge is 0.505 e. The first-order valence-electron chi connectivity index (χ1n) is 10.2. The number of rotatable bonds is 8. The van der Waals surface area contributed by atoms with Crippen LogP contribution in [-0.2, 0) is 9.53 Å². The molecule has 0 spiro atoms. The molecule has 1 atom stereocenters. The lowest BCUT2D eigenvalue weighted by molar-refractivity contribution is -0.139. The third-order valence-corrected chi connectivity index (χ3v) is 5.40. The summed E-state index contributed by atoms with van der Waals surface area (Å²) in [5.41, 5.74) is 5.42. The number of carbonyl (C=O) groups is 1. The number of phenolic OH excluding ortho intramolecular Hbond substituents is 1. The lowest BCUT2D eigenvalue weighted by Crippen LogP contribution is -2.10. The van der Waals surface area contributed by atoms with Crippen LogP contribution in [0, 0.1) is 13.8 Å². The minimum Gasteiger partial charge on any atom is -0.505 e. The molecule has 0 fully saturated rings. The highest BCUT2D eigenvalue weighted by molar-refractivity contribution is 5.86. The van der Waals surface area contributed by atoms with Gasteiger partial charge in [-0.05, 0) is 57.0 Å². The number of esters is 1. The molecule has 2 aromatic heterocycles. The van der Waals surface area contributed by atoms with Crippen molar-refractivity contribution < 1.29 is 24.5 Å². The third kappa shape index (κ3) is 3.53. The Labute approximate surface area is 179 Å². The first-order chi connectivity index (χ1) is 14.7. The van der Waals surface area contributed by atoms with E-state index in [-0.39, 0.29) is 12.4 Å². The summed E-state index contributed by atoms with van der Waals surface area (Å²) in [7, 11) is 0. The smallest absolute Gasteiger partial charge is 0.333 e. The van der Waals surface area contributed by atoms with E-state index in [0.717, 1.165) is 22.2 Å². The maximum atomic E-state index is 11.4. The molecule has 0 aliphatic rings. The predicted molar refractivity (Wildman–Crippen MR) is 117 cm³/mol. The number of hydrogen-bond acceptors (Lipinski definition) is 5. The van der Waals surface area contributed by atoms with Gasteiger partial charge in [0.25, 0.3) is 0 Å². The zero-order valence-corrected chi connectivity index (χ0v) is 18.2. The zero-order chi connectivity index (χ0) is 22.4. The number of aromatic nitrogens is 3. The van der Waals surface area contributed by atoms with Crippen LogP contribution in [0.4, 0.5) is 0 Å². The summed E-state index contributed by atoms with van der Waals surface area (Å²) in [5, 5.41) is 20.7. The Morgan fingerprint density at radius 1 is 1.16 bits per heavy atom. The standard InChI is InChI=1S/C23H27N3O5/c1-13(2)23(29)31-10-6-9-30-22-14(3)11-20(21(28)15(22)4)26-24-18-8-7-17(16(5)27)12-19(18)25(24)26/h7-8,11-12,16,27-28H,1,6,9-10H2,2-5H3. The number of hydrogen-bond donors (Lipinski definition) is 2. The van der Waals surface area contributed by atoms with Gasteiger partial charge >= 0.3 is 5.97 Å². The van der Waals surface area contributed by atoms with Gasteiger partial charge in [0.05, 0.1) is 19.3 Å². The molecule has 0 radical (unpaired) electrons. The number of carbonyl (C=O) groups excluding carboxylic acids is 1. The van der Waals surface area contributed by atoms with Gasteiger partial charge in [-0.3, -0.25) is 0 Å². The number of aryl methyl sites for hydroxylation is 1. The Morgan fingerprint density at radius 2 is 1.87 bits per heavy atom. The Hall–Kier alpha value is -3.39. The first-order valence-corrected chi connectivity index (χ1v) is 10.2. The molecule has 0 saturated heterocycles. The lowest BCUT2D eigenvalue weighted by Gasteiger charge is -2.15. The van der Waals surface area contributed by atoms with E-state index < -0.39 is 12.1 Å². The summed E-state index contributed by atoms with van der Waals surface area (Å²) in [6, 6.07) is 7.69. The molecular weight excluding hydrogens is 398 g/mol. The van der Waals surface area contributed by atoms with Gasteiger partial charge in [0, 0.05) is 17.6 Å². The highest BCUT2D eigenvalue weighted by Gasteiger charge is 2.28. The van der Waals surface area contributed by atoms with Crippen molar-refractivity contribution in [1.29, 1.82) is 0 Å². The van der Waals surface area contributed by atoms with Gasteiger partial charge < -0.3 is 19.7 Å². The number of benzene rings is 2. The molecule has 0 amide bonds. The van der Waals surface area contributed by atoms with Crippen LogP contribution < -0.4 is 4.74 Å². The predicted octanol–water partition coefficient (Wildman–Crippen LogP) is 3.68. The van der Waals surface area contributed by atoms with Crippen LogP contribution in [0.3, 0.4) is 0 Å². The van der Waals surface area contributed by atoms with Gasteiger partial charge in [-0.25, -0.2) is 4.79 Å². The lowest BCUT2D eigenvalue weighted by atomic mass is 10.1. The Bertz CT molecular complexity index is 1270. The van der Waals surface area contributed by atoms with Crippen molar-refractivity contribution in [2.75, 3.05) is 13.2 Å². The fourth-order valence-corrected chi connectivity index (χ4v) is 3.65. The summed E-state index contributed by atoms with van der Waals surface area (Å²) in [6.45, 7) is 11.2. The Morgan fingerprint density at radius 3 is 2.55 bits per heavy atom.